The molecule has 0 aliphatic heterocycles. The number of hydrogen-bond acceptors (Lipinski definition) is 4. The van der Waals surface area contributed by atoms with Crippen molar-refractivity contribution in [2.75, 3.05) is 13.2 Å². The van der Waals surface area contributed by atoms with Gasteiger partial charge in [-0.3, -0.25) is 9.59 Å². The lowest BCUT2D eigenvalue weighted by molar-refractivity contribution is -0.150. The molecule has 1 atom stereocenters. The molecule has 0 rings (SSSR count). The number of rotatable bonds is 16. The number of carbonyl (C=O) groups excluding carboxylic acids is 2. The molecular formula is C22H42O4. The second-order valence-corrected chi connectivity index (χ2v) is 8.22. The largest absolute Gasteiger partial charge is 0.465 e. The molecule has 0 aliphatic rings. The van der Waals surface area contributed by atoms with Gasteiger partial charge in [0.25, 0.3) is 0 Å². The van der Waals surface area contributed by atoms with Gasteiger partial charge in [-0.05, 0) is 31.1 Å². The monoisotopic (exact) mass is 370 g/mol. The van der Waals surface area contributed by atoms with Crippen molar-refractivity contribution < 1.29 is 19.1 Å². The summed E-state index contributed by atoms with van der Waals surface area (Å²) >= 11 is 0. The van der Waals surface area contributed by atoms with Crippen LogP contribution in [0.15, 0.2) is 0 Å². The highest BCUT2D eigenvalue weighted by Crippen LogP contribution is 2.17. The SMILES string of the molecule is CCC(CCCCCCCCCC(=O)OCC(C)C)C(=O)OCC(C)C. The minimum absolute atomic E-state index is 0.0226. The Morgan fingerprint density at radius 3 is 1.77 bits per heavy atom. The molecule has 0 aromatic carbocycles. The van der Waals surface area contributed by atoms with Gasteiger partial charge >= 0.3 is 11.9 Å². The van der Waals surface area contributed by atoms with Crippen molar-refractivity contribution in [3.05, 3.63) is 0 Å². The standard InChI is InChI=1S/C22H42O4/c1-6-20(22(24)26-17-19(4)5)14-12-10-8-7-9-11-13-15-21(23)25-16-18(2)3/h18-20H,6-17H2,1-5H3. The quantitative estimate of drug-likeness (QED) is 0.250. The van der Waals surface area contributed by atoms with E-state index in [1.165, 1.54) is 25.7 Å². The molecule has 0 aromatic heterocycles. The van der Waals surface area contributed by atoms with Gasteiger partial charge < -0.3 is 9.47 Å². The summed E-state index contributed by atoms with van der Waals surface area (Å²) in [6, 6.07) is 0. The van der Waals surface area contributed by atoms with E-state index >= 15 is 0 Å². The lowest BCUT2D eigenvalue weighted by Gasteiger charge is -2.15. The summed E-state index contributed by atoms with van der Waals surface area (Å²) < 4.78 is 10.5. The van der Waals surface area contributed by atoms with Crippen LogP contribution >= 0.6 is 0 Å². The van der Waals surface area contributed by atoms with Gasteiger partial charge in [0.1, 0.15) is 0 Å². The molecule has 0 aromatic rings. The molecule has 4 heteroatoms. The fourth-order valence-electron chi connectivity index (χ4n) is 2.73. The van der Waals surface area contributed by atoms with Crippen molar-refractivity contribution in [3.63, 3.8) is 0 Å². The van der Waals surface area contributed by atoms with E-state index in [4.69, 9.17) is 9.47 Å². The molecule has 4 nitrogen and oxygen atoms in total. The van der Waals surface area contributed by atoms with Crippen LogP contribution in [0, 0.1) is 17.8 Å². The van der Waals surface area contributed by atoms with E-state index in [0.29, 0.717) is 31.5 Å². The molecule has 0 saturated carbocycles. The van der Waals surface area contributed by atoms with Crippen molar-refractivity contribution in [3.8, 4) is 0 Å². The third kappa shape index (κ3) is 15.2. The molecule has 0 aliphatic carbocycles. The highest BCUT2D eigenvalue weighted by Gasteiger charge is 2.17. The molecule has 0 N–H and O–H groups in total. The third-order valence-electron chi connectivity index (χ3n) is 4.40. The lowest BCUT2D eigenvalue weighted by atomic mass is 9.98. The van der Waals surface area contributed by atoms with E-state index in [1.54, 1.807) is 0 Å². The Balaban J connectivity index is 3.54. The van der Waals surface area contributed by atoms with Crippen molar-refractivity contribution in [2.45, 2.75) is 98.8 Å². The van der Waals surface area contributed by atoms with E-state index in [0.717, 1.165) is 32.1 Å². The molecule has 0 saturated heterocycles. The molecule has 26 heavy (non-hydrogen) atoms. The van der Waals surface area contributed by atoms with E-state index in [-0.39, 0.29) is 17.9 Å². The smallest absolute Gasteiger partial charge is 0.308 e. The minimum atomic E-state index is -0.0614. The van der Waals surface area contributed by atoms with Crippen LogP contribution in [0.25, 0.3) is 0 Å². The summed E-state index contributed by atoms with van der Waals surface area (Å²) in [6.07, 6.45) is 10.2. The first kappa shape index (κ1) is 24.9. The molecule has 1 unspecified atom stereocenters. The predicted octanol–water partition coefficient (Wildman–Crippen LogP) is 5.92. The first-order valence-electron chi connectivity index (χ1n) is 10.7. The zero-order chi connectivity index (χ0) is 19.8. The lowest BCUT2D eigenvalue weighted by Crippen LogP contribution is -2.19. The van der Waals surface area contributed by atoms with Gasteiger partial charge in [0.2, 0.25) is 0 Å². The Labute approximate surface area is 161 Å². The second-order valence-electron chi connectivity index (χ2n) is 8.22. The number of unbranched alkanes of at least 4 members (excludes halogenated alkanes) is 6. The van der Waals surface area contributed by atoms with Gasteiger partial charge in [-0.1, -0.05) is 73.1 Å². The Hall–Kier alpha value is -1.06. The number of esters is 2. The maximum atomic E-state index is 12.0. The third-order valence-corrected chi connectivity index (χ3v) is 4.40. The van der Waals surface area contributed by atoms with Crippen LogP contribution in [-0.2, 0) is 19.1 Å². The van der Waals surface area contributed by atoms with Gasteiger partial charge in [-0.25, -0.2) is 0 Å². The predicted molar refractivity (Wildman–Crippen MR) is 107 cm³/mol. The summed E-state index contributed by atoms with van der Waals surface area (Å²) in [5.74, 6) is 0.779. The molecule has 0 fully saturated rings. The summed E-state index contributed by atoms with van der Waals surface area (Å²) in [4.78, 5) is 23.5. The minimum Gasteiger partial charge on any atom is -0.465 e. The van der Waals surface area contributed by atoms with Gasteiger partial charge in [0, 0.05) is 6.42 Å². The van der Waals surface area contributed by atoms with Crippen LogP contribution in [0.1, 0.15) is 98.8 Å². The Morgan fingerprint density at radius 1 is 0.731 bits per heavy atom. The van der Waals surface area contributed by atoms with Crippen LogP contribution in [0.4, 0.5) is 0 Å². The average molecular weight is 371 g/mol. The topological polar surface area (TPSA) is 52.6 Å². The van der Waals surface area contributed by atoms with Gasteiger partial charge in [-0.15, -0.1) is 0 Å². The van der Waals surface area contributed by atoms with Gasteiger partial charge in [-0.2, -0.15) is 0 Å². The number of carbonyl (C=O) groups is 2. The molecule has 154 valence electrons. The number of ether oxygens (including phenoxy) is 2. The number of hydrogen-bond donors (Lipinski definition) is 0. The van der Waals surface area contributed by atoms with E-state index in [9.17, 15) is 9.59 Å². The van der Waals surface area contributed by atoms with Crippen molar-refractivity contribution in [1.29, 1.82) is 0 Å². The zero-order valence-corrected chi connectivity index (χ0v) is 17.9. The zero-order valence-electron chi connectivity index (χ0n) is 17.9. The van der Waals surface area contributed by atoms with Crippen LogP contribution in [0.2, 0.25) is 0 Å². The summed E-state index contributed by atoms with van der Waals surface area (Å²) in [6.45, 7) is 11.3. The van der Waals surface area contributed by atoms with Crippen LogP contribution in [0.5, 0.6) is 0 Å². The Morgan fingerprint density at radius 2 is 1.23 bits per heavy atom. The molecule has 0 amide bonds. The fraction of sp³-hybridized carbons (Fsp3) is 0.909. The Bertz CT molecular complexity index is 363. The molecule has 0 bridgehead atoms. The molecule has 0 heterocycles. The van der Waals surface area contributed by atoms with Crippen molar-refractivity contribution in [1.82, 2.24) is 0 Å². The first-order valence-corrected chi connectivity index (χ1v) is 10.7. The van der Waals surface area contributed by atoms with E-state index in [1.807, 2.05) is 13.8 Å². The summed E-state index contributed by atoms with van der Waals surface area (Å²) in [5, 5.41) is 0. The maximum Gasteiger partial charge on any atom is 0.308 e. The fourth-order valence-corrected chi connectivity index (χ4v) is 2.73. The van der Waals surface area contributed by atoms with Crippen molar-refractivity contribution >= 4 is 11.9 Å². The van der Waals surface area contributed by atoms with Gasteiger partial charge in [0.05, 0.1) is 19.1 Å². The second kappa shape index (κ2) is 16.1. The van der Waals surface area contributed by atoms with Crippen LogP contribution < -0.4 is 0 Å². The Kier molecular flexibility index (Phi) is 15.5. The van der Waals surface area contributed by atoms with Crippen LogP contribution in [0.3, 0.4) is 0 Å². The van der Waals surface area contributed by atoms with E-state index < -0.39 is 0 Å². The summed E-state index contributed by atoms with van der Waals surface area (Å²) in [5.41, 5.74) is 0. The van der Waals surface area contributed by atoms with Crippen LogP contribution in [-0.4, -0.2) is 25.2 Å². The van der Waals surface area contributed by atoms with Crippen molar-refractivity contribution in [2.24, 2.45) is 17.8 Å². The first-order chi connectivity index (χ1) is 12.4. The van der Waals surface area contributed by atoms with Gasteiger partial charge in [0.15, 0.2) is 0 Å². The maximum absolute atomic E-state index is 12.0. The molecular weight excluding hydrogens is 328 g/mol. The van der Waals surface area contributed by atoms with E-state index in [2.05, 4.69) is 20.8 Å². The molecule has 0 spiro atoms. The molecule has 0 radical (unpaired) electrons. The highest BCUT2D eigenvalue weighted by molar-refractivity contribution is 5.72. The summed E-state index contributed by atoms with van der Waals surface area (Å²) in [7, 11) is 0. The normalized spacial score (nSPS) is 12.4. The highest BCUT2D eigenvalue weighted by atomic mass is 16.5. The average Bonchev–Trinajstić information content (AvgIpc) is 2.59.